The molecule has 0 atom stereocenters. The van der Waals surface area contributed by atoms with Crippen molar-refractivity contribution < 1.29 is 9.59 Å². The van der Waals surface area contributed by atoms with Gasteiger partial charge in [-0.2, -0.15) is 0 Å². The fourth-order valence-corrected chi connectivity index (χ4v) is 3.66. The van der Waals surface area contributed by atoms with Crippen LogP contribution in [0.4, 0.5) is 5.69 Å². The molecule has 162 valence electrons. The average Bonchev–Trinajstić information content (AvgIpc) is 3.19. The third-order valence-corrected chi connectivity index (χ3v) is 5.48. The quantitative estimate of drug-likeness (QED) is 0.377. The Labute approximate surface area is 191 Å². The fourth-order valence-electron chi connectivity index (χ4n) is 3.46. The van der Waals surface area contributed by atoms with Crippen molar-refractivity contribution in [3.63, 3.8) is 0 Å². The second-order valence-corrected chi connectivity index (χ2v) is 7.97. The van der Waals surface area contributed by atoms with Crippen LogP contribution in [0.3, 0.4) is 0 Å². The molecule has 0 radical (unpaired) electrons. The topological polar surface area (TPSA) is 86.9 Å². The van der Waals surface area contributed by atoms with Crippen molar-refractivity contribution in [3.05, 3.63) is 94.3 Å². The number of nitrogens with zero attached hydrogens (tertiary/aromatic N) is 1. The maximum absolute atomic E-state index is 12.6. The van der Waals surface area contributed by atoms with Gasteiger partial charge in [0.15, 0.2) is 0 Å². The second-order valence-electron chi connectivity index (χ2n) is 7.57. The number of halogens is 1. The molecule has 7 heteroatoms. The molecule has 0 fully saturated rings. The lowest BCUT2D eigenvalue weighted by Crippen LogP contribution is -2.22. The number of anilines is 1. The van der Waals surface area contributed by atoms with E-state index in [0.717, 1.165) is 46.5 Å². The number of hydrogen-bond acceptors (Lipinski definition) is 3. The highest BCUT2D eigenvalue weighted by atomic mass is 35.5. The number of hydrogen-bond donors (Lipinski definition) is 3. The van der Waals surface area contributed by atoms with Crippen LogP contribution in [0.25, 0.3) is 11.0 Å². The third kappa shape index (κ3) is 5.34. The normalized spacial score (nSPS) is 10.8. The molecule has 0 aliphatic carbocycles. The molecule has 32 heavy (non-hydrogen) atoms. The number of amides is 2. The number of nitrogens with one attached hydrogen (secondary N) is 3. The molecule has 0 spiro atoms. The van der Waals surface area contributed by atoms with E-state index in [9.17, 15) is 9.59 Å². The zero-order valence-corrected chi connectivity index (χ0v) is 18.4. The van der Waals surface area contributed by atoms with Crippen LogP contribution >= 0.6 is 11.6 Å². The van der Waals surface area contributed by atoms with Crippen LogP contribution < -0.4 is 10.6 Å². The van der Waals surface area contributed by atoms with Crippen LogP contribution in [0.2, 0.25) is 5.02 Å². The number of aromatic nitrogens is 2. The Balaban J connectivity index is 1.38. The Bertz CT molecular complexity index is 1260. The first-order valence-corrected chi connectivity index (χ1v) is 10.7. The van der Waals surface area contributed by atoms with Crippen LogP contribution in [-0.2, 0) is 24.2 Å². The van der Waals surface area contributed by atoms with Gasteiger partial charge in [-0.25, -0.2) is 4.98 Å². The van der Waals surface area contributed by atoms with Crippen molar-refractivity contribution in [3.8, 4) is 0 Å². The molecule has 0 aliphatic rings. The molecule has 0 aliphatic heterocycles. The number of aryl methyl sites for hydroxylation is 2. The van der Waals surface area contributed by atoms with Crippen LogP contribution in [0.1, 0.15) is 34.2 Å². The summed E-state index contributed by atoms with van der Waals surface area (Å²) in [5, 5.41) is 6.30. The Morgan fingerprint density at radius 2 is 1.78 bits per heavy atom. The van der Waals surface area contributed by atoms with Crippen molar-refractivity contribution in [2.45, 2.75) is 26.3 Å². The van der Waals surface area contributed by atoms with E-state index in [1.807, 2.05) is 54.6 Å². The van der Waals surface area contributed by atoms with E-state index >= 15 is 0 Å². The monoisotopic (exact) mass is 446 g/mol. The van der Waals surface area contributed by atoms with Gasteiger partial charge in [0.1, 0.15) is 5.82 Å². The number of carbonyl (C=O) groups excluding carboxylic acids is 2. The molecule has 4 rings (SSSR count). The van der Waals surface area contributed by atoms with Gasteiger partial charge in [0.2, 0.25) is 5.91 Å². The number of benzene rings is 3. The number of fused-ring (bicyclic) bond motifs is 1. The summed E-state index contributed by atoms with van der Waals surface area (Å²) in [6.45, 7) is 1.86. The summed E-state index contributed by atoms with van der Waals surface area (Å²) >= 11 is 6.15. The average molecular weight is 447 g/mol. The molecule has 3 N–H and O–H groups in total. The maximum atomic E-state index is 12.6. The van der Waals surface area contributed by atoms with Gasteiger partial charge in [-0.3, -0.25) is 9.59 Å². The number of H-pyrrole nitrogens is 1. The lowest BCUT2D eigenvalue weighted by molar-refractivity contribution is -0.114. The highest BCUT2D eigenvalue weighted by Gasteiger charge is 2.10. The highest BCUT2D eigenvalue weighted by molar-refractivity contribution is 6.31. The molecule has 0 saturated heterocycles. The summed E-state index contributed by atoms with van der Waals surface area (Å²) in [7, 11) is 0. The first-order valence-electron chi connectivity index (χ1n) is 10.3. The number of aromatic amines is 1. The van der Waals surface area contributed by atoms with E-state index in [2.05, 4.69) is 20.6 Å². The molecule has 1 aromatic heterocycles. The molecule has 2 amide bonds. The van der Waals surface area contributed by atoms with Crippen molar-refractivity contribution in [1.82, 2.24) is 15.3 Å². The van der Waals surface area contributed by atoms with Crippen molar-refractivity contribution in [2.75, 3.05) is 5.32 Å². The summed E-state index contributed by atoms with van der Waals surface area (Å²) in [6, 6.07) is 20.7. The Hall–Kier alpha value is -3.64. The van der Waals surface area contributed by atoms with Crippen molar-refractivity contribution in [2.24, 2.45) is 0 Å². The van der Waals surface area contributed by atoms with Gasteiger partial charge in [-0.05, 0) is 53.9 Å². The van der Waals surface area contributed by atoms with Gasteiger partial charge >= 0.3 is 0 Å². The Morgan fingerprint density at radius 3 is 2.53 bits per heavy atom. The number of carbonyl (C=O) groups is 2. The first kappa shape index (κ1) is 21.6. The fraction of sp³-hybridized carbons (Fsp3) is 0.160. The minimum absolute atomic E-state index is 0.0862. The van der Waals surface area contributed by atoms with E-state index < -0.39 is 0 Å². The summed E-state index contributed by atoms with van der Waals surface area (Å²) in [6.07, 6.45) is 1.55. The Morgan fingerprint density at radius 1 is 1.00 bits per heavy atom. The third-order valence-electron chi connectivity index (χ3n) is 5.12. The van der Waals surface area contributed by atoms with Crippen molar-refractivity contribution in [1.29, 1.82) is 0 Å². The lowest BCUT2D eigenvalue weighted by Gasteiger charge is -2.07. The van der Waals surface area contributed by atoms with Crippen LogP contribution in [0, 0.1) is 0 Å². The predicted octanol–water partition coefficient (Wildman–Crippen LogP) is 4.89. The molecule has 4 aromatic rings. The standard InChI is InChI=1S/C25H23ClN4O2/c1-16(31)28-20-10-6-17(7-11-20)8-13-24-29-22-12-9-18(14-23(22)30-24)25(32)27-15-19-4-2-3-5-21(19)26/h2-7,9-12,14H,8,13,15H2,1H3,(H,27,32)(H,28,31)(H,29,30). The summed E-state index contributed by atoms with van der Waals surface area (Å²) in [4.78, 5) is 31.6. The van der Waals surface area contributed by atoms with E-state index in [0.29, 0.717) is 17.1 Å². The summed E-state index contributed by atoms with van der Waals surface area (Å²) in [5.41, 5.74) is 5.02. The molecule has 0 saturated carbocycles. The van der Waals surface area contributed by atoms with Gasteiger partial charge in [0.05, 0.1) is 11.0 Å². The highest BCUT2D eigenvalue weighted by Crippen LogP contribution is 2.18. The zero-order chi connectivity index (χ0) is 22.5. The van der Waals surface area contributed by atoms with Crippen LogP contribution in [-0.4, -0.2) is 21.8 Å². The van der Waals surface area contributed by atoms with E-state index in [1.54, 1.807) is 12.1 Å². The van der Waals surface area contributed by atoms with Crippen LogP contribution in [0.15, 0.2) is 66.7 Å². The van der Waals surface area contributed by atoms with Gasteiger partial charge in [-0.1, -0.05) is 41.9 Å². The second kappa shape index (κ2) is 9.66. The lowest BCUT2D eigenvalue weighted by atomic mass is 10.1. The summed E-state index contributed by atoms with van der Waals surface area (Å²) < 4.78 is 0. The Kier molecular flexibility index (Phi) is 6.52. The first-order chi connectivity index (χ1) is 15.5. The molecule has 3 aromatic carbocycles. The SMILES string of the molecule is CC(=O)Nc1ccc(CCc2nc3ccc(C(=O)NCc4ccccc4Cl)cc3[nH]2)cc1. The number of rotatable bonds is 7. The minimum Gasteiger partial charge on any atom is -0.348 e. The molecule has 6 nitrogen and oxygen atoms in total. The summed E-state index contributed by atoms with van der Waals surface area (Å²) in [5.74, 6) is 0.610. The minimum atomic E-state index is -0.165. The number of imidazole rings is 1. The van der Waals surface area contributed by atoms with Gasteiger partial charge in [0.25, 0.3) is 5.91 Å². The largest absolute Gasteiger partial charge is 0.348 e. The van der Waals surface area contributed by atoms with Gasteiger partial charge in [-0.15, -0.1) is 0 Å². The van der Waals surface area contributed by atoms with Crippen LogP contribution in [0.5, 0.6) is 0 Å². The van der Waals surface area contributed by atoms with E-state index in [-0.39, 0.29) is 11.8 Å². The zero-order valence-electron chi connectivity index (χ0n) is 17.6. The molecule has 0 bridgehead atoms. The maximum Gasteiger partial charge on any atom is 0.251 e. The molecule has 1 heterocycles. The molecular formula is C25H23ClN4O2. The van der Waals surface area contributed by atoms with E-state index in [1.165, 1.54) is 6.92 Å². The predicted molar refractivity (Wildman–Crippen MR) is 127 cm³/mol. The van der Waals surface area contributed by atoms with Gasteiger partial charge in [0, 0.05) is 36.2 Å². The van der Waals surface area contributed by atoms with E-state index in [4.69, 9.17) is 11.6 Å². The molecular weight excluding hydrogens is 424 g/mol. The van der Waals surface area contributed by atoms with Gasteiger partial charge < -0.3 is 15.6 Å². The van der Waals surface area contributed by atoms with Crippen molar-refractivity contribution >= 4 is 40.1 Å². The smallest absolute Gasteiger partial charge is 0.251 e. The molecule has 0 unspecified atom stereocenters.